The van der Waals surface area contributed by atoms with Crippen LogP contribution in [0, 0.1) is 0 Å². The molecule has 15 heavy (non-hydrogen) atoms. The molecule has 0 saturated heterocycles. The van der Waals surface area contributed by atoms with E-state index in [1.807, 2.05) is 13.0 Å². The third-order valence-corrected chi connectivity index (χ3v) is 2.32. The molecule has 0 spiro atoms. The van der Waals surface area contributed by atoms with Gasteiger partial charge < -0.3 is 5.73 Å². The van der Waals surface area contributed by atoms with Crippen molar-refractivity contribution in [1.29, 1.82) is 0 Å². The molecule has 0 saturated carbocycles. The average Bonchev–Trinajstić information content (AvgIpc) is 2.65. The Labute approximate surface area is 91.8 Å². The molecule has 2 aromatic rings. The summed E-state index contributed by atoms with van der Waals surface area (Å²) in [6, 6.07) is 5.27. The molecule has 78 valence electrons. The van der Waals surface area contributed by atoms with Crippen LogP contribution in [0.1, 0.15) is 6.92 Å². The van der Waals surface area contributed by atoms with E-state index < -0.39 is 0 Å². The van der Waals surface area contributed by atoms with Crippen LogP contribution in [0.25, 0.3) is 11.4 Å². The van der Waals surface area contributed by atoms with Crippen LogP contribution in [0.3, 0.4) is 0 Å². The van der Waals surface area contributed by atoms with Gasteiger partial charge in [0.2, 0.25) is 0 Å². The standard InChI is InChI=1S/C9H10ClN5/c1-2-15-9(12-13-14-15)7-4-3-6(10)5-8(7)11/h3-5H,2,11H2,1H3. The van der Waals surface area contributed by atoms with E-state index in [4.69, 9.17) is 17.3 Å². The Balaban J connectivity index is 2.54. The molecule has 5 nitrogen and oxygen atoms in total. The number of hydrogen-bond donors (Lipinski definition) is 1. The maximum atomic E-state index is 5.84. The van der Waals surface area contributed by atoms with Gasteiger partial charge in [-0.15, -0.1) is 5.10 Å². The van der Waals surface area contributed by atoms with Crippen LogP contribution in [-0.2, 0) is 6.54 Å². The van der Waals surface area contributed by atoms with Crippen LogP contribution < -0.4 is 5.73 Å². The Hall–Kier alpha value is -1.62. The summed E-state index contributed by atoms with van der Waals surface area (Å²) in [6.07, 6.45) is 0. The van der Waals surface area contributed by atoms with E-state index in [2.05, 4.69) is 15.5 Å². The van der Waals surface area contributed by atoms with Crippen molar-refractivity contribution in [1.82, 2.24) is 20.2 Å². The molecule has 0 radical (unpaired) electrons. The summed E-state index contributed by atoms with van der Waals surface area (Å²) in [6.45, 7) is 2.66. The molecule has 0 aliphatic carbocycles. The fraction of sp³-hybridized carbons (Fsp3) is 0.222. The SMILES string of the molecule is CCn1nnnc1-c1ccc(Cl)cc1N. The molecule has 0 aliphatic heterocycles. The number of nitrogens with zero attached hydrogens (tertiary/aromatic N) is 4. The number of nitrogen functional groups attached to an aromatic ring is 1. The Morgan fingerprint density at radius 1 is 1.47 bits per heavy atom. The first kappa shape index (κ1) is 9.92. The summed E-state index contributed by atoms with van der Waals surface area (Å²) in [5.41, 5.74) is 7.22. The number of tetrazole rings is 1. The zero-order valence-electron chi connectivity index (χ0n) is 8.18. The molecule has 1 heterocycles. The van der Waals surface area contributed by atoms with Gasteiger partial charge >= 0.3 is 0 Å². The van der Waals surface area contributed by atoms with Gasteiger partial charge in [0, 0.05) is 22.8 Å². The molecule has 0 aliphatic rings. The molecular weight excluding hydrogens is 214 g/mol. The molecule has 0 amide bonds. The van der Waals surface area contributed by atoms with E-state index in [-0.39, 0.29) is 0 Å². The van der Waals surface area contributed by atoms with Gasteiger partial charge in [0.05, 0.1) is 0 Å². The number of rotatable bonds is 2. The molecule has 0 atom stereocenters. The van der Waals surface area contributed by atoms with E-state index in [0.717, 1.165) is 5.56 Å². The maximum Gasteiger partial charge on any atom is 0.184 e. The third kappa shape index (κ3) is 1.78. The summed E-state index contributed by atoms with van der Waals surface area (Å²) in [5.74, 6) is 0.659. The summed E-state index contributed by atoms with van der Waals surface area (Å²) in [7, 11) is 0. The van der Waals surface area contributed by atoms with Crippen molar-refractivity contribution in [3.05, 3.63) is 23.2 Å². The van der Waals surface area contributed by atoms with Crippen molar-refractivity contribution in [3.63, 3.8) is 0 Å². The Morgan fingerprint density at radius 2 is 2.27 bits per heavy atom. The summed E-state index contributed by atoms with van der Waals surface area (Å²) < 4.78 is 1.68. The highest BCUT2D eigenvalue weighted by molar-refractivity contribution is 6.31. The van der Waals surface area contributed by atoms with E-state index in [0.29, 0.717) is 23.1 Å². The Bertz CT molecular complexity index is 479. The van der Waals surface area contributed by atoms with Crippen LogP contribution in [0.4, 0.5) is 5.69 Å². The highest BCUT2D eigenvalue weighted by Crippen LogP contribution is 2.26. The van der Waals surface area contributed by atoms with Gasteiger partial charge in [0.15, 0.2) is 5.82 Å². The van der Waals surface area contributed by atoms with Crippen molar-refractivity contribution >= 4 is 17.3 Å². The second kappa shape index (κ2) is 3.86. The monoisotopic (exact) mass is 223 g/mol. The van der Waals surface area contributed by atoms with E-state index >= 15 is 0 Å². The second-order valence-corrected chi connectivity index (χ2v) is 3.49. The minimum atomic E-state index is 0.576. The van der Waals surface area contributed by atoms with Crippen molar-refractivity contribution in [2.45, 2.75) is 13.5 Å². The zero-order chi connectivity index (χ0) is 10.8. The van der Waals surface area contributed by atoms with Gasteiger partial charge in [0.25, 0.3) is 0 Å². The van der Waals surface area contributed by atoms with Crippen molar-refractivity contribution in [2.75, 3.05) is 5.73 Å². The molecule has 6 heteroatoms. The molecule has 1 aromatic heterocycles. The van der Waals surface area contributed by atoms with Crippen molar-refractivity contribution in [3.8, 4) is 11.4 Å². The first-order chi connectivity index (χ1) is 7.22. The van der Waals surface area contributed by atoms with Crippen LogP contribution in [0.5, 0.6) is 0 Å². The lowest BCUT2D eigenvalue weighted by Gasteiger charge is -2.04. The second-order valence-electron chi connectivity index (χ2n) is 3.05. The fourth-order valence-electron chi connectivity index (χ4n) is 1.35. The maximum absolute atomic E-state index is 5.84. The van der Waals surface area contributed by atoms with Crippen LogP contribution >= 0.6 is 11.6 Å². The lowest BCUT2D eigenvalue weighted by atomic mass is 10.1. The molecule has 0 unspecified atom stereocenters. The van der Waals surface area contributed by atoms with Crippen molar-refractivity contribution < 1.29 is 0 Å². The lowest BCUT2D eigenvalue weighted by molar-refractivity contribution is 0.631. The normalized spacial score (nSPS) is 10.5. The van der Waals surface area contributed by atoms with Crippen molar-refractivity contribution in [2.24, 2.45) is 0 Å². The Morgan fingerprint density at radius 3 is 2.93 bits per heavy atom. The topological polar surface area (TPSA) is 69.6 Å². The van der Waals surface area contributed by atoms with Gasteiger partial charge in [-0.1, -0.05) is 11.6 Å². The van der Waals surface area contributed by atoms with E-state index in [9.17, 15) is 0 Å². The van der Waals surface area contributed by atoms with Crippen LogP contribution in [0.15, 0.2) is 18.2 Å². The first-order valence-electron chi connectivity index (χ1n) is 4.54. The summed E-state index contributed by atoms with van der Waals surface area (Å²) >= 11 is 5.81. The van der Waals surface area contributed by atoms with Gasteiger partial charge in [-0.25, -0.2) is 4.68 Å². The minimum absolute atomic E-state index is 0.576. The molecule has 0 fully saturated rings. The number of halogens is 1. The third-order valence-electron chi connectivity index (χ3n) is 2.09. The highest BCUT2D eigenvalue weighted by atomic mass is 35.5. The number of aryl methyl sites for hydroxylation is 1. The van der Waals surface area contributed by atoms with Gasteiger partial charge in [-0.3, -0.25) is 0 Å². The molecule has 0 bridgehead atoms. The highest BCUT2D eigenvalue weighted by Gasteiger charge is 2.10. The molecular formula is C9H10ClN5. The van der Waals surface area contributed by atoms with Gasteiger partial charge in [0.1, 0.15) is 0 Å². The smallest absolute Gasteiger partial charge is 0.184 e. The quantitative estimate of drug-likeness (QED) is 0.785. The zero-order valence-corrected chi connectivity index (χ0v) is 8.94. The van der Waals surface area contributed by atoms with E-state index in [1.165, 1.54) is 0 Å². The number of aromatic nitrogens is 4. The predicted molar refractivity (Wildman–Crippen MR) is 58.3 cm³/mol. The molecule has 2 N–H and O–H groups in total. The summed E-state index contributed by atoms with van der Waals surface area (Å²) in [5, 5.41) is 12.0. The number of benzene rings is 1. The number of nitrogens with two attached hydrogens (primary N) is 1. The first-order valence-corrected chi connectivity index (χ1v) is 4.91. The van der Waals surface area contributed by atoms with Crippen LogP contribution in [-0.4, -0.2) is 20.2 Å². The average molecular weight is 224 g/mol. The van der Waals surface area contributed by atoms with E-state index in [1.54, 1.807) is 16.8 Å². The predicted octanol–water partition coefficient (Wildman–Crippen LogP) is 1.60. The van der Waals surface area contributed by atoms with Crippen LogP contribution in [0.2, 0.25) is 5.02 Å². The number of anilines is 1. The lowest BCUT2D eigenvalue weighted by Crippen LogP contribution is -2.01. The summed E-state index contributed by atoms with van der Waals surface area (Å²) in [4.78, 5) is 0. The van der Waals surface area contributed by atoms with Gasteiger partial charge in [-0.2, -0.15) is 0 Å². The Kier molecular flexibility index (Phi) is 2.55. The number of hydrogen-bond acceptors (Lipinski definition) is 4. The van der Waals surface area contributed by atoms with Gasteiger partial charge in [-0.05, 0) is 35.5 Å². The fourth-order valence-corrected chi connectivity index (χ4v) is 1.53. The molecule has 1 aromatic carbocycles. The largest absolute Gasteiger partial charge is 0.398 e. The molecule has 2 rings (SSSR count). The minimum Gasteiger partial charge on any atom is -0.398 e.